The van der Waals surface area contributed by atoms with Crippen molar-refractivity contribution in [3.63, 3.8) is 0 Å². The number of thiophene rings is 1. The second-order valence-electron chi connectivity index (χ2n) is 4.22. The zero-order valence-corrected chi connectivity index (χ0v) is 11.4. The van der Waals surface area contributed by atoms with E-state index in [0.29, 0.717) is 6.04 Å². The van der Waals surface area contributed by atoms with Crippen LogP contribution in [0.4, 0.5) is 0 Å². The number of rotatable bonds is 4. The maximum atomic E-state index is 3.53. The lowest BCUT2D eigenvalue weighted by molar-refractivity contribution is 0.295. The Morgan fingerprint density at radius 2 is 2.53 bits per heavy atom. The number of halogens is 1. The van der Waals surface area contributed by atoms with Gasteiger partial charge in [-0.3, -0.25) is 4.90 Å². The van der Waals surface area contributed by atoms with Crippen LogP contribution in [0.1, 0.15) is 17.7 Å². The van der Waals surface area contributed by atoms with Gasteiger partial charge in [-0.25, -0.2) is 0 Å². The first-order chi connectivity index (χ1) is 7.24. The van der Waals surface area contributed by atoms with Crippen molar-refractivity contribution in [2.45, 2.75) is 25.4 Å². The van der Waals surface area contributed by atoms with Crippen LogP contribution in [0.25, 0.3) is 0 Å². The molecule has 1 atom stereocenters. The molecule has 2 rings (SSSR count). The highest BCUT2D eigenvalue weighted by Crippen LogP contribution is 2.21. The molecule has 2 nitrogen and oxygen atoms in total. The minimum Gasteiger partial charge on any atom is -0.313 e. The highest BCUT2D eigenvalue weighted by molar-refractivity contribution is 9.10. The summed E-state index contributed by atoms with van der Waals surface area (Å²) in [6.07, 6.45) is 2.67. The first-order valence-corrected chi connectivity index (χ1v) is 7.06. The summed E-state index contributed by atoms with van der Waals surface area (Å²) in [4.78, 5) is 3.84. The van der Waals surface area contributed by atoms with E-state index in [0.717, 1.165) is 13.1 Å². The number of hydrogen-bond donors (Lipinski definition) is 1. The fourth-order valence-corrected chi connectivity index (χ4v) is 3.59. The van der Waals surface area contributed by atoms with Crippen LogP contribution in [0.2, 0.25) is 0 Å². The van der Waals surface area contributed by atoms with Crippen LogP contribution < -0.4 is 5.32 Å². The molecule has 84 valence electrons. The minimum absolute atomic E-state index is 0.707. The summed E-state index contributed by atoms with van der Waals surface area (Å²) in [6.45, 7) is 3.42. The summed E-state index contributed by atoms with van der Waals surface area (Å²) in [6, 6.07) is 2.92. The Morgan fingerprint density at radius 3 is 3.13 bits per heavy atom. The van der Waals surface area contributed by atoms with Gasteiger partial charge in [-0.15, -0.1) is 11.3 Å². The summed E-state index contributed by atoms with van der Waals surface area (Å²) < 4.78 is 1.20. The Bertz CT molecular complexity index is 307. The molecule has 1 fully saturated rings. The zero-order valence-electron chi connectivity index (χ0n) is 9.00. The molecule has 1 aliphatic heterocycles. The molecule has 0 amide bonds. The quantitative estimate of drug-likeness (QED) is 0.917. The van der Waals surface area contributed by atoms with E-state index >= 15 is 0 Å². The van der Waals surface area contributed by atoms with E-state index in [4.69, 9.17) is 0 Å². The molecule has 1 aromatic rings. The Balaban J connectivity index is 1.78. The topological polar surface area (TPSA) is 15.3 Å². The van der Waals surface area contributed by atoms with E-state index < -0.39 is 0 Å². The average molecular weight is 289 g/mol. The SMILES string of the molecule is CN(Cc1cc(Br)cs1)CC1CCCN1. The van der Waals surface area contributed by atoms with Gasteiger partial charge in [0.1, 0.15) is 0 Å². The van der Waals surface area contributed by atoms with Gasteiger partial charge < -0.3 is 5.32 Å². The number of nitrogens with one attached hydrogen (secondary N) is 1. The molecule has 0 aliphatic carbocycles. The van der Waals surface area contributed by atoms with E-state index in [-0.39, 0.29) is 0 Å². The summed E-state index contributed by atoms with van der Waals surface area (Å²) in [5.74, 6) is 0. The van der Waals surface area contributed by atoms with Crippen LogP contribution in [0.3, 0.4) is 0 Å². The third-order valence-electron chi connectivity index (χ3n) is 2.74. The lowest BCUT2D eigenvalue weighted by atomic mass is 10.2. The van der Waals surface area contributed by atoms with Crippen LogP contribution in [-0.2, 0) is 6.54 Å². The summed E-state index contributed by atoms with van der Waals surface area (Å²) in [5, 5.41) is 5.68. The van der Waals surface area contributed by atoms with Gasteiger partial charge in [0.15, 0.2) is 0 Å². The fourth-order valence-electron chi connectivity index (χ4n) is 2.06. The van der Waals surface area contributed by atoms with Gasteiger partial charge in [0, 0.05) is 33.9 Å². The monoisotopic (exact) mass is 288 g/mol. The fraction of sp³-hybridized carbons (Fsp3) is 0.636. The van der Waals surface area contributed by atoms with Gasteiger partial charge in [0.2, 0.25) is 0 Å². The minimum atomic E-state index is 0.707. The third kappa shape index (κ3) is 3.55. The molecular weight excluding hydrogens is 272 g/mol. The van der Waals surface area contributed by atoms with Crippen LogP contribution in [0.15, 0.2) is 15.9 Å². The highest BCUT2D eigenvalue weighted by atomic mass is 79.9. The van der Waals surface area contributed by atoms with Crippen molar-refractivity contribution in [1.82, 2.24) is 10.2 Å². The van der Waals surface area contributed by atoms with Crippen molar-refractivity contribution in [2.24, 2.45) is 0 Å². The number of nitrogens with zero attached hydrogens (tertiary/aromatic N) is 1. The standard InChI is InChI=1S/C11H17BrN2S/c1-14(6-10-3-2-4-13-10)7-11-5-9(12)8-15-11/h5,8,10,13H,2-4,6-7H2,1H3. The van der Waals surface area contributed by atoms with Gasteiger partial charge in [0.05, 0.1) is 0 Å². The molecule has 15 heavy (non-hydrogen) atoms. The van der Waals surface area contributed by atoms with Crippen LogP contribution >= 0.6 is 27.3 Å². The second kappa shape index (κ2) is 5.43. The van der Waals surface area contributed by atoms with E-state index in [9.17, 15) is 0 Å². The van der Waals surface area contributed by atoms with Gasteiger partial charge in [0.25, 0.3) is 0 Å². The molecule has 1 unspecified atom stereocenters. The van der Waals surface area contributed by atoms with Crippen molar-refractivity contribution in [3.05, 3.63) is 20.8 Å². The lowest BCUT2D eigenvalue weighted by Crippen LogP contribution is -2.34. The van der Waals surface area contributed by atoms with Crippen LogP contribution in [-0.4, -0.2) is 31.1 Å². The van der Waals surface area contributed by atoms with Crippen LogP contribution in [0.5, 0.6) is 0 Å². The maximum Gasteiger partial charge on any atom is 0.0325 e. The second-order valence-corrected chi connectivity index (χ2v) is 6.13. The van der Waals surface area contributed by atoms with Crippen molar-refractivity contribution in [2.75, 3.05) is 20.1 Å². The van der Waals surface area contributed by atoms with Gasteiger partial charge in [-0.1, -0.05) is 0 Å². The molecule has 0 radical (unpaired) electrons. The molecule has 2 heterocycles. The molecule has 0 saturated carbocycles. The van der Waals surface area contributed by atoms with Crippen molar-refractivity contribution in [3.8, 4) is 0 Å². The molecule has 4 heteroatoms. The van der Waals surface area contributed by atoms with E-state index in [1.165, 1.54) is 28.7 Å². The zero-order chi connectivity index (χ0) is 10.7. The number of likely N-dealkylation sites (N-methyl/N-ethyl adjacent to an activating group) is 1. The van der Waals surface area contributed by atoms with Crippen molar-refractivity contribution >= 4 is 27.3 Å². The molecule has 0 bridgehead atoms. The van der Waals surface area contributed by atoms with Gasteiger partial charge in [-0.2, -0.15) is 0 Å². The molecule has 1 saturated heterocycles. The van der Waals surface area contributed by atoms with E-state index in [1.54, 1.807) is 0 Å². The highest BCUT2D eigenvalue weighted by Gasteiger charge is 2.15. The largest absolute Gasteiger partial charge is 0.313 e. The first-order valence-electron chi connectivity index (χ1n) is 5.39. The predicted octanol–water partition coefficient (Wildman–Crippen LogP) is 2.69. The maximum absolute atomic E-state index is 3.53. The first kappa shape index (κ1) is 11.6. The summed E-state index contributed by atoms with van der Waals surface area (Å²) >= 11 is 5.32. The van der Waals surface area contributed by atoms with Gasteiger partial charge in [-0.05, 0) is 48.4 Å². The molecule has 1 aromatic heterocycles. The van der Waals surface area contributed by atoms with Crippen LogP contribution in [0, 0.1) is 0 Å². The smallest absolute Gasteiger partial charge is 0.0325 e. The normalized spacial score (nSPS) is 21.4. The molecule has 0 spiro atoms. The number of hydrogen-bond acceptors (Lipinski definition) is 3. The Hall–Kier alpha value is 0.1000. The Labute approximate surface area is 104 Å². The van der Waals surface area contributed by atoms with E-state index in [1.807, 2.05) is 11.3 Å². The Kier molecular flexibility index (Phi) is 4.20. The summed E-state index contributed by atoms with van der Waals surface area (Å²) in [5.41, 5.74) is 0. The van der Waals surface area contributed by atoms with Crippen molar-refractivity contribution in [1.29, 1.82) is 0 Å². The summed E-state index contributed by atoms with van der Waals surface area (Å²) in [7, 11) is 2.20. The lowest BCUT2D eigenvalue weighted by Gasteiger charge is -2.20. The molecule has 1 aliphatic rings. The average Bonchev–Trinajstić information content (AvgIpc) is 2.77. The van der Waals surface area contributed by atoms with E-state index in [2.05, 4.69) is 44.6 Å². The molecule has 1 N–H and O–H groups in total. The predicted molar refractivity (Wildman–Crippen MR) is 69.4 cm³/mol. The third-order valence-corrected chi connectivity index (χ3v) is 4.42. The molecular formula is C11H17BrN2S. The Morgan fingerprint density at radius 1 is 1.67 bits per heavy atom. The molecule has 0 aromatic carbocycles. The van der Waals surface area contributed by atoms with Gasteiger partial charge >= 0.3 is 0 Å². The van der Waals surface area contributed by atoms with Crippen molar-refractivity contribution < 1.29 is 0 Å².